The van der Waals surface area contributed by atoms with Crippen LogP contribution in [0.2, 0.25) is 0 Å². The van der Waals surface area contributed by atoms with Crippen molar-refractivity contribution in [1.82, 2.24) is 0 Å². The molecule has 0 spiro atoms. The summed E-state index contributed by atoms with van der Waals surface area (Å²) in [4.78, 5) is 0. The molecule has 1 aromatic rings. The third kappa shape index (κ3) is 3.99. The largest absolute Gasteiger partial charge is 0.502 e. The Balaban J connectivity index is 2.26. The molecule has 0 fully saturated rings. The predicted molar refractivity (Wildman–Crippen MR) is 57.3 cm³/mol. The lowest BCUT2D eigenvalue weighted by molar-refractivity contribution is 0.157. The maximum absolute atomic E-state index is 5.65. The van der Waals surface area contributed by atoms with E-state index in [0.717, 1.165) is 12.2 Å². The zero-order chi connectivity index (χ0) is 10.2. The summed E-state index contributed by atoms with van der Waals surface area (Å²) in [7, 11) is 0. The number of ether oxygens (including phenoxy) is 2. The molecule has 0 N–H and O–H groups in total. The first-order valence-corrected chi connectivity index (χ1v) is 4.77. The third-order valence-corrected chi connectivity index (χ3v) is 1.84. The molecule has 0 aliphatic heterocycles. The normalized spacial score (nSPS) is 11.8. The van der Waals surface area contributed by atoms with Crippen LogP contribution in [0.25, 0.3) is 0 Å². The molecule has 0 heterocycles. The molecule has 0 bridgehead atoms. The lowest BCUT2D eigenvalue weighted by Crippen LogP contribution is -2.13. The van der Waals surface area contributed by atoms with Gasteiger partial charge in [0.25, 0.3) is 0 Å². The van der Waals surface area contributed by atoms with Gasteiger partial charge in [-0.2, -0.15) is 0 Å². The molecule has 0 radical (unpaired) electrons. The van der Waals surface area contributed by atoms with Crippen LogP contribution in [-0.4, -0.2) is 12.7 Å². The molecule has 0 unspecified atom stereocenters. The van der Waals surface area contributed by atoms with Gasteiger partial charge in [0, 0.05) is 6.42 Å². The van der Waals surface area contributed by atoms with E-state index in [0.29, 0.717) is 6.61 Å². The molecule has 1 atom stereocenters. The lowest BCUT2D eigenvalue weighted by Gasteiger charge is -2.13. The summed E-state index contributed by atoms with van der Waals surface area (Å²) in [5.74, 6) is 0.901. The first kappa shape index (κ1) is 10.6. The predicted octanol–water partition coefficient (Wildman–Crippen LogP) is 3.00. The van der Waals surface area contributed by atoms with Gasteiger partial charge < -0.3 is 9.47 Å². The van der Waals surface area contributed by atoms with Gasteiger partial charge in [0.05, 0.1) is 19.0 Å². The quantitative estimate of drug-likeness (QED) is 0.509. The Labute approximate surface area is 85.2 Å². The van der Waals surface area contributed by atoms with Crippen LogP contribution in [-0.2, 0) is 4.74 Å². The van der Waals surface area contributed by atoms with Crippen LogP contribution in [0, 0.1) is 0 Å². The van der Waals surface area contributed by atoms with Crippen LogP contribution in [0.15, 0.2) is 43.2 Å². The Bertz CT molecular complexity index is 256. The standard InChI is InChI=1S/C12H16O2/c1-3-13-10-9-11(2)14-12-7-5-4-6-8-12/h3-8,11H,1,9-10H2,2H3/t11-/m1/s1. The van der Waals surface area contributed by atoms with Gasteiger partial charge >= 0.3 is 0 Å². The first-order chi connectivity index (χ1) is 6.83. The van der Waals surface area contributed by atoms with Gasteiger partial charge in [-0.3, -0.25) is 0 Å². The number of para-hydroxylation sites is 1. The van der Waals surface area contributed by atoms with Crippen molar-refractivity contribution in [3.05, 3.63) is 43.2 Å². The molecule has 2 nitrogen and oxygen atoms in total. The van der Waals surface area contributed by atoms with Gasteiger partial charge in [-0.1, -0.05) is 24.8 Å². The van der Waals surface area contributed by atoms with Gasteiger partial charge in [-0.05, 0) is 19.1 Å². The fourth-order valence-corrected chi connectivity index (χ4v) is 1.11. The molecule has 1 aromatic carbocycles. The molecule has 0 aliphatic carbocycles. The van der Waals surface area contributed by atoms with Crippen molar-refractivity contribution in [3.63, 3.8) is 0 Å². The molecule has 0 aliphatic rings. The second-order valence-electron chi connectivity index (χ2n) is 3.07. The van der Waals surface area contributed by atoms with Crippen LogP contribution in [0.3, 0.4) is 0 Å². The molecule has 2 heteroatoms. The highest BCUT2D eigenvalue weighted by Gasteiger charge is 2.02. The van der Waals surface area contributed by atoms with Gasteiger partial charge in [0.1, 0.15) is 5.75 Å². The molecule has 0 amide bonds. The van der Waals surface area contributed by atoms with E-state index in [-0.39, 0.29) is 6.10 Å². The minimum Gasteiger partial charge on any atom is -0.502 e. The van der Waals surface area contributed by atoms with E-state index in [9.17, 15) is 0 Å². The van der Waals surface area contributed by atoms with E-state index in [1.54, 1.807) is 0 Å². The van der Waals surface area contributed by atoms with Crippen molar-refractivity contribution in [1.29, 1.82) is 0 Å². The summed E-state index contributed by atoms with van der Waals surface area (Å²) in [5, 5.41) is 0. The summed E-state index contributed by atoms with van der Waals surface area (Å²) >= 11 is 0. The minimum atomic E-state index is 0.164. The second kappa shape index (κ2) is 6.08. The number of hydrogen-bond donors (Lipinski definition) is 0. The van der Waals surface area contributed by atoms with Gasteiger partial charge in [-0.15, -0.1) is 0 Å². The molecule has 0 aromatic heterocycles. The lowest BCUT2D eigenvalue weighted by atomic mass is 10.3. The van der Waals surface area contributed by atoms with E-state index < -0.39 is 0 Å². The SMILES string of the molecule is C=COCC[C@@H](C)Oc1ccccc1. The van der Waals surface area contributed by atoms with Gasteiger partial charge in [0.2, 0.25) is 0 Å². The summed E-state index contributed by atoms with van der Waals surface area (Å²) in [5.41, 5.74) is 0. The fraction of sp³-hybridized carbons (Fsp3) is 0.333. The molecule has 76 valence electrons. The topological polar surface area (TPSA) is 18.5 Å². The maximum Gasteiger partial charge on any atom is 0.119 e. The summed E-state index contributed by atoms with van der Waals surface area (Å²) in [6, 6.07) is 9.79. The zero-order valence-electron chi connectivity index (χ0n) is 8.48. The monoisotopic (exact) mass is 192 g/mol. The van der Waals surface area contributed by atoms with Crippen LogP contribution in [0.4, 0.5) is 0 Å². The summed E-state index contributed by atoms with van der Waals surface area (Å²) in [6.45, 7) is 6.16. The van der Waals surface area contributed by atoms with Crippen molar-refractivity contribution in [2.75, 3.05) is 6.61 Å². The minimum absolute atomic E-state index is 0.164. The highest BCUT2D eigenvalue weighted by atomic mass is 16.5. The molecule has 0 saturated carbocycles. The molecule has 1 rings (SSSR count). The van der Waals surface area contributed by atoms with Crippen molar-refractivity contribution < 1.29 is 9.47 Å². The Morgan fingerprint density at radius 1 is 1.36 bits per heavy atom. The highest BCUT2D eigenvalue weighted by molar-refractivity contribution is 5.21. The van der Waals surface area contributed by atoms with E-state index in [2.05, 4.69) is 6.58 Å². The average Bonchev–Trinajstić information content (AvgIpc) is 2.20. The summed E-state index contributed by atoms with van der Waals surface area (Å²) in [6.07, 6.45) is 2.48. The van der Waals surface area contributed by atoms with E-state index in [1.165, 1.54) is 6.26 Å². The Morgan fingerprint density at radius 3 is 2.71 bits per heavy atom. The molecular formula is C12H16O2. The van der Waals surface area contributed by atoms with Gasteiger partial charge in [0.15, 0.2) is 0 Å². The highest BCUT2D eigenvalue weighted by Crippen LogP contribution is 2.11. The van der Waals surface area contributed by atoms with Crippen LogP contribution in [0.1, 0.15) is 13.3 Å². The van der Waals surface area contributed by atoms with Crippen LogP contribution >= 0.6 is 0 Å². The van der Waals surface area contributed by atoms with Crippen molar-refractivity contribution in [3.8, 4) is 5.75 Å². The molecule has 14 heavy (non-hydrogen) atoms. The maximum atomic E-state index is 5.65. The van der Waals surface area contributed by atoms with E-state index in [1.807, 2.05) is 37.3 Å². The molecular weight excluding hydrogens is 176 g/mol. The Morgan fingerprint density at radius 2 is 2.07 bits per heavy atom. The van der Waals surface area contributed by atoms with Crippen LogP contribution in [0.5, 0.6) is 5.75 Å². The van der Waals surface area contributed by atoms with E-state index >= 15 is 0 Å². The second-order valence-corrected chi connectivity index (χ2v) is 3.07. The average molecular weight is 192 g/mol. The third-order valence-electron chi connectivity index (χ3n) is 1.84. The van der Waals surface area contributed by atoms with Crippen molar-refractivity contribution in [2.45, 2.75) is 19.4 Å². The van der Waals surface area contributed by atoms with Crippen LogP contribution < -0.4 is 4.74 Å². The Hall–Kier alpha value is -1.44. The van der Waals surface area contributed by atoms with Gasteiger partial charge in [-0.25, -0.2) is 0 Å². The van der Waals surface area contributed by atoms with Crippen molar-refractivity contribution >= 4 is 0 Å². The Kier molecular flexibility index (Phi) is 4.62. The zero-order valence-corrected chi connectivity index (χ0v) is 8.48. The first-order valence-electron chi connectivity index (χ1n) is 4.77. The number of rotatable bonds is 6. The number of benzene rings is 1. The van der Waals surface area contributed by atoms with E-state index in [4.69, 9.17) is 9.47 Å². The number of hydrogen-bond acceptors (Lipinski definition) is 2. The summed E-state index contributed by atoms with van der Waals surface area (Å²) < 4.78 is 10.7. The smallest absolute Gasteiger partial charge is 0.119 e. The van der Waals surface area contributed by atoms with Crippen molar-refractivity contribution in [2.24, 2.45) is 0 Å². The molecule has 0 saturated heterocycles. The fourth-order valence-electron chi connectivity index (χ4n) is 1.11.